The summed E-state index contributed by atoms with van der Waals surface area (Å²) in [5.41, 5.74) is 2.97. The van der Waals surface area contributed by atoms with Gasteiger partial charge in [0.15, 0.2) is 5.96 Å². The van der Waals surface area contributed by atoms with E-state index in [1.807, 2.05) is 12.4 Å². The lowest BCUT2D eigenvalue weighted by Gasteiger charge is -2.23. The molecule has 0 aliphatic carbocycles. The normalized spacial score (nSPS) is 12.7. The van der Waals surface area contributed by atoms with Crippen LogP contribution >= 0.6 is 11.3 Å². The number of guanidine groups is 1. The van der Waals surface area contributed by atoms with Crippen molar-refractivity contribution in [3.05, 3.63) is 16.1 Å². The molecule has 0 spiro atoms. The molecule has 0 aromatic carbocycles. The fourth-order valence-electron chi connectivity index (χ4n) is 1.19. The number of hydrogen-bond acceptors (Lipinski definition) is 3. The Balaban J connectivity index is 2.51. The van der Waals surface area contributed by atoms with Gasteiger partial charge in [-0.3, -0.25) is 4.99 Å². The zero-order chi connectivity index (χ0) is 12.2. The Labute approximate surface area is 101 Å². The van der Waals surface area contributed by atoms with Crippen molar-refractivity contribution >= 4 is 17.3 Å². The quantitative estimate of drug-likeness (QED) is 0.613. The van der Waals surface area contributed by atoms with E-state index >= 15 is 0 Å². The molecule has 4 nitrogen and oxygen atoms in total. The van der Waals surface area contributed by atoms with Crippen LogP contribution in [0, 0.1) is 6.92 Å². The number of aryl methyl sites for hydroxylation is 1. The number of hydrogen-bond donors (Lipinski definition) is 2. The largest absolute Gasteiger partial charge is 0.352 e. The number of nitrogens with zero attached hydrogens (tertiary/aromatic N) is 2. The van der Waals surface area contributed by atoms with Gasteiger partial charge in [-0.1, -0.05) is 0 Å². The third kappa shape index (κ3) is 4.18. The maximum atomic E-state index is 4.21. The molecule has 0 radical (unpaired) electrons. The van der Waals surface area contributed by atoms with Crippen LogP contribution in [0.2, 0.25) is 0 Å². The average Bonchev–Trinajstić information content (AvgIpc) is 2.57. The van der Waals surface area contributed by atoms with Crippen molar-refractivity contribution in [3.8, 4) is 0 Å². The molecule has 0 amide bonds. The molecule has 16 heavy (non-hydrogen) atoms. The molecule has 1 rings (SSSR count). The number of nitrogens with one attached hydrogen (secondary N) is 2. The first kappa shape index (κ1) is 13.0. The molecule has 1 aromatic heterocycles. The van der Waals surface area contributed by atoms with Crippen molar-refractivity contribution in [2.45, 2.75) is 39.8 Å². The summed E-state index contributed by atoms with van der Waals surface area (Å²) in [5.74, 6) is 0.820. The summed E-state index contributed by atoms with van der Waals surface area (Å²) in [7, 11) is 1.78. The summed E-state index contributed by atoms with van der Waals surface area (Å²) >= 11 is 1.66. The van der Waals surface area contributed by atoms with Crippen molar-refractivity contribution in [2.75, 3.05) is 7.05 Å². The Morgan fingerprint density at radius 2 is 2.19 bits per heavy atom. The summed E-state index contributed by atoms with van der Waals surface area (Å²) in [6.07, 6.45) is 0. The molecular weight excluding hydrogens is 220 g/mol. The summed E-state index contributed by atoms with van der Waals surface area (Å²) in [6.45, 7) is 9.12. The summed E-state index contributed by atoms with van der Waals surface area (Å²) in [6, 6.07) is 0. The first-order valence-corrected chi connectivity index (χ1v) is 6.18. The molecule has 90 valence electrons. The fraction of sp³-hybridized carbons (Fsp3) is 0.636. The van der Waals surface area contributed by atoms with Crippen molar-refractivity contribution in [1.82, 2.24) is 15.6 Å². The minimum absolute atomic E-state index is 0.0184. The Hall–Kier alpha value is -1.10. The molecule has 5 heteroatoms. The number of rotatable bonds is 2. The maximum absolute atomic E-state index is 4.21. The molecule has 1 heterocycles. The monoisotopic (exact) mass is 240 g/mol. The second kappa shape index (κ2) is 5.30. The van der Waals surface area contributed by atoms with E-state index in [0.717, 1.165) is 18.2 Å². The molecule has 0 unspecified atom stereocenters. The molecule has 0 aliphatic rings. The Kier molecular flexibility index (Phi) is 4.29. The van der Waals surface area contributed by atoms with Crippen LogP contribution in [0.5, 0.6) is 0 Å². The maximum Gasteiger partial charge on any atom is 0.191 e. The highest BCUT2D eigenvalue weighted by molar-refractivity contribution is 7.09. The zero-order valence-corrected chi connectivity index (χ0v) is 11.4. The third-order valence-corrected chi connectivity index (χ3v) is 2.91. The van der Waals surface area contributed by atoms with Crippen LogP contribution < -0.4 is 10.6 Å². The Morgan fingerprint density at radius 1 is 1.50 bits per heavy atom. The smallest absolute Gasteiger partial charge is 0.191 e. The summed E-state index contributed by atoms with van der Waals surface area (Å²) in [5, 5.41) is 6.59. The number of aromatic nitrogens is 1. The van der Waals surface area contributed by atoms with Crippen molar-refractivity contribution in [2.24, 2.45) is 4.99 Å². The SMILES string of the molecule is CN=C(NCc1scnc1C)NC(C)(C)C. The van der Waals surface area contributed by atoms with E-state index < -0.39 is 0 Å². The van der Waals surface area contributed by atoms with E-state index in [4.69, 9.17) is 0 Å². The molecule has 0 aliphatic heterocycles. The molecule has 0 saturated heterocycles. The van der Waals surface area contributed by atoms with Gasteiger partial charge in [-0.2, -0.15) is 0 Å². The van der Waals surface area contributed by atoms with E-state index in [0.29, 0.717) is 0 Å². The highest BCUT2D eigenvalue weighted by atomic mass is 32.1. The lowest BCUT2D eigenvalue weighted by molar-refractivity contribution is 0.501. The van der Waals surface area contributed by atoms with Crippen LogP contribution in [0.15, 0.2) is 10.5 Å². The van der Waals surface area contributed by atoms with Gasteiger partial charge in [-0.15, -0.1) is 11.3 Å². The van der Waals surface area contributed by atoms with Crippen LogP contribution in [0.25, 0.3) is 0 Å². The van der Waals surface area contributed by atoms with Gasteiger partial charge in [0.1, 0.15) is 0 Å². The van der Waals surface area contributed by atoms with Gasteiger partial charge < -0.3 is 10.6 Å². The molecule has 2 N–H and O–H groups in total. The lowest BCUT2D eigenvalue weighted by Crippen LogP contribution is -2.47. The predicted molar refractivity (Wildman–Crippen MR) is 69.9 cm³/mol. The average molecular weight is 240 g/mol. The predicted octanol–water partition coefficient (Wildman–Crippen LogP) is 1.92. The molecule has 1 aromatic rings. The van der Waals surface area contributed by atoms with Crippen LogP contribution in [0.4, 0.5) is 0 Å². The lowest BCUT2D eigenvalue weighted by atomic mass is 10.1. The highest BCUT2D eigenvalue weighted by Crippen LogP contribution is 2.11. The van der Waals surface area contributed by atoms with Crippen LogP contribution in [0.1, 0.15) is 31.3 Å². The van der Waals surface area contributed by atoms with Gasteiger partial charge in [0.05, 0.1) is 17.7 Å². The third-order valence-electron chi connectivity index (χ3n) is 1.98. The minimum Gasteiger partial charge on any atom is -0.352 e. The molecule has 0 saturated carbocycles. The van der Waals surface area contributed by atoms with Crippen molar-refractivity contribution in [1.29, 1.82) is 0 Å². The molecular formula is C11H20N4S. The number of thiazole rings is 1. The molecule has 0 bridgehead atoms. The summed E-state index contributed by atoms with van der Waals surface area (Å²) < 4.78 is 0. The standard InChI is InChI=1S/C11H20N4S/c1-8-9(16-7-14-8)6-13-10(12-5)15-11(2,3)4/h7H,6H2,1-5H3,(H2,12,13,15). The number of aliphatic imine (C=N–C) groups is 1. The molecule has 0 fully saturated rings. The van der Waals surface area contributed by atoms with E-state index in [2.05, 4.69) is 41.4 Å². The van der Waals surface area contributed by atoms with Gasteiger partial charge in [-0.05, 0) is 27.7 Å². The van der Waals surface area contributed by atoms with Gasteiger partial charge >= 0.3 is 0 Å². The van der Waals surface area contributed by atoms with Crippen molar-refractivity contribution in [3.63, 3.8) is 0 Å². The van der Waals surface area contributed by atoms with E-state index in [1.165, 1.54) is 4.88 Å². The highest BCUT2D eigenvalue weighted by Gasteiger charge is 2.12. The van der Waals surface area contributed by atoms with Gasteiger partial charge in [-0.25, -0.2) is 4.98 Å². The first-order chi connectivity index (χ1) is 7.42. The van der Waals surface area contributed by atoms with Gasteiger partial charge in [0.2, 0.25) is 0 Å². The van der Waals surface area contributed by atoms with Gasteiger partial charge in [0.25, 0.3) is 0 Å². The Bertz CT molecular complexity index is 362. The fourth-order valence-corrected chi connectivity index (χ4v) is 1.91. The van der Waals surface area contributed by atoms with Crippen LogP contribution in [-0.2, 0) is 6.54 Å². The Morgan fingerprint density at radius 3 is 2.62 bits per heavy atom. The minimum atomic E-state index is 0.0184. The summed E-state index contributed by atoms with van der Waals surface area (Å²) in [4.78, 5) is 9.64. The second-order valence-corrected chi connectivity index (χ2v) is 5.60. The van der Waals surface area contributed by atoms with E-state index in [-0.39, 0.29) is 5.54 Å². The van der Waals surface area contributed by atoms with Crippen LogP contribution in [0.3, 0.4) is 0 Å². The van der Waals surface area contributed by atoms with E-state index in [1.54, 1.807) is 18.4 Å². The van der Waals surface area contributed by atoms with E-state index in [9.17, 15) is 0 Å². The molecule has 0 atom stereocenters. The topological polar surface area (TPSA) is 49.3 Å². The second-order valence-electron chi connectivity index (χ2n) is 4.66. The first-order valence-electron chi connectivity index (χ1n) is 5.30. The van der Waals surface area contributed by atoms with Crippen molar-refractivity contribution < 1.29 is 0 Å². The van der Waals surface area contributed by atoms with Crippen LogP contribution in [-0.4, -0.2) is 23.5 Å². The van der Waals surface area contributed by atoms with Gasteiger partial charge in [0, 0.05) is 17.5 Å². The zero-order valence-electron chi connectivity index (χ0n) is 10.6.